The number of hydrogen-bond donors (Lipinski definition) is 2. The Labute approximate surface area is 115 Å². The fourth-order valence-electron chi connectivity index (χ4n) is 1.84. The van der Waals surface area contributed by atoms with Gasteiger partial charge in [-0.05, 0) is 32.0 Å². The first-order valence-electron chi connectivity index (χ1n) is 6.09. The van der Waals surface area contributed by atoms with Gasteiger partial charge < -0.3 is 10.3 Å². The molecule has 2 aromatic heterocycles. The maximum absolute atomic E-state index is 11.9. The Morgan fingerprint density at radius 2 is 2.21 bits per heavy atom. The summed E-state index contributed by atoms with van der Waals surface area (Å²) in [7, 11) is 0. The van der Waals surface area contributed by atoms with Crippen LogP contribution in [0.2, 0.25) is 0 Å². The van der Waals surface area contributed by atoms with Gasteiger partial charge >= 0.3 is 0 Å². The molecule has 19 heavy (non-hydrogen) atoms. The first-order chi connectivity index (χ1) is 9.04. The van der Waals surface area contributed by atoms with Crippen LogP contribution in [0, 0.1) is 6.92 Å². The van der Waals surface area contributed by atoms with Crippen LogP contribution in [0.15, 0.2) is 35.3 Å². The van der Waals surface area contributed by atoms with E-state index in [-0.39, 0.29) is 17.5 Å². The second-order valence-corrected chi connectivity index (χ2v) is 5.91. The van der Waals surface area contributed by atoms with Gasteiger partial charge in [0.05, 0.1) is 0 Å². The van der Waals surface area contributed by atoms with Gasteiger partial charge in [0.25, 0.3) is 5.91 Å². The van der Waals surface area contributed by atoms with Crippen molar-refractivity contribution in [1.82, 2.24) is 10.3 Å². The lowest BCUT2D eigenvalue weighted by atomic mass is 10.2. The Morgan fingerprint density at radius 3 is 2.84 bits per heavy atom. The molecule has 100 valence electrons. The standard InChI is InChI=1S/C14H16N2O2S/c1-9(7-12-4-3-10(2)19-12)16-14(18)11-5-6-15-13(17)8-11/h3-6,8-9H,7H2,1-2H3,(H,15,17)(H,16,18). The molecule has 0 bridgehead atoms. The molecule has 4 nitrogen and oxygen atoms in total. The van der Waals surface area contributed by atoms with Gasteiger partial charge in [0.2, 0.25) is 5.56 Å². The zero-order valence-electron chi connectivity index (χ0n) is 10.9. The Bertz CT molecular complexity index is 630. The number of amides is 1. The van der Waals surface area contributed by atoms with E-state index in [1.165, 1.54) is 22.0 Å². The number of aromatic amines is 1. The van der Waals surface area contributed by atoms with Crippen LogP contribution < -0.4 is 10.9 Å². The van der Waals surface area contributed by atoms with Crippen LogP contribution >= 0.6 is 11.3 Å². The van der Waals surface area contributed by atoms with Crippen LogP contribution in [0.3, 0.4) is 0 Å². The van der Waals surface area contributed by atoms with E-state index in [2.05, 4.69) is 29.4 Å². The molecular weight excluding hydrogens is 260 g/mol. The highest BCUT2D eigenvalue weighted by molar-refractivity contribution is 7.11. The van der Waals surface area contributed by atoms with Crippen molar-refractivity contribution in [1.29, 1.82) is 0 Å². The van der Waals surface area contributed by atoms with E-state index in [9.17, 15) is 9.59 Å². The van der Waals surface area contributed by atoms with Crippen LogP contribution in [-0.2, 0) is 6.42 Å². The third kappa shape index (κ3) is 3.79. The molecule has 0 radical (unpaired) electrons. The van der Waals surface area contributed by atoms with Crippen molar-refractivity contribution in [3.63, 3.8) is 0 Å². The Balaban J connectivity index is 1.97. The predicted molar refractivity (Wildman–Crippen MR) is 76.8 cm³/mol. The molecule has 2 aromatic rings. The lowest BCUT2D eigenvalue weighted by molar-refractivity contribution is 0.0940. The number of thiophene rings is 1. The van der Waals surface area contributed by atoms with Crippen molar-refractivity contribution in [2.24, 2.45) is 0 Å². The Kier molecular flexibility index (Phi) is 4.16. The van der Waals surface area contributed by atoms with E-state index >= 15 is 0 Å². The molecule has 1 unspecified atom stereocenters. The van der Waals surface area contributed by atoms with Gasteiger partial charge in [0.1, 0.15) is 0 Å². The molecule has 0 aliphatic rings. The van der Waals surface area contributed by atoms with Gasteiger partial charge in [0.15, 0.2) is 0 Å². The monoisotopic (exact) mass is 276 g/mol. The molecule has 1 atom stereocenters. The van der Waals surface area contributed by atoms with Crippen molar-refractivity contribution >= 4 is 17.2 Å². The molecule has 1 amide bonds. The number of H-pyrrole nitrogens is 1. The molecule has 0 aromatic carbocycles. The topological polar surface area (TPSA) is 62.0 Å². The summed E-state index contributed by atoms with van der Waals surface area (Å²) in [6.45, 7) is 4.02. The number of rotatable bonds is 4. The molecule has 0 saturated heterocycles. The lowest BCUT2D eigenvalue weighted by Gasteiger charge is -2.12. The average molecular weight is 276 g/mol. The quantitative estimate of drug-likeness (QED) is 0.898. The zero-order chi connectivity index (χ0) is 13.8. The molecule has 0 spiro atoms. The molecule has 0 saturated carbocycles. The predicted octanol–water partition coefficient (Wildman–Crippen LogP) is 2.11. The van der Waals surface area contributed by atoms with Gasteiger partial charge in [0, 0.05) is 40.0 Å². The molecular formula is C14H16N2O2S. The molecule has 2 N–H and O–H groups in total. The van der Waals surface area contributed by atoms with Gasteiger partial charge in [-0.2, -0.15) is 0 Å². The molecule has 2 rings (SSSR count). The van der Waals surface area contributed by atoms with Gasteiger partial charge in [-0.15, -0.1) is 11.3 Å². The molecule has 0 fully saturated rings. The van der Waals surface area contributed by atoms with Crippen molar-refractivity contribution < 1.29 is 4.79 Å². The normalized spacial score (nSPS) is 12.1. The van der Waals surface area contributed by atoms with Crippen LogP contribution in [0.5, 0.6) is 0 Å². The smallest absolute Gasteiger partial charge is 0.251 e. The minimum absolute atomic E-state index is 0.0323. The summed E-state index contributed by atoms with van der Waals surface area (Å²) >= 11 is 1.74. The summed E-state index contributed by atoms with van der Waals surface area (Å²) in [5.41, 5.74) is 0.118. The number of carbonyl (C=O) groups excluding carboxylic acids is 1. The highest BCUT2D eigenvalue weighted by Gasteiger charge is 2.11. The maximum atomic E-state index is 11.9. The average Bonchev–Trinajstić information content (AvgIpc) is 2.74. The van der Waals surface area contributed by atoms with Gasteiger partial charge in [-0.3, -0.25) is 9.59 Å². The van der Waals surface area contributed by atoms with Crippen molar-refractivity contribution in [3.05, 3.63) is 56.1 Å². The van der Waals surface area contributed by atoms with E-state index in [0.29, 0.717) is 5.56 Å². The Morgan fingerprint density at radius 1 is 1.42 bits per heavy atom. The van der Waals surface area contributed by atoms with E-state index < -0.39 is 0 Å². The SMILES string of the molecule is Cc1ccc(CC(C)NC(=O)c2cc[nH]c(=O)c2)s1. The number of hydrogen-bond acceptors (Lipinski definition) is 3. The highest BCUT2D eigenvalue weighted by atomic mass is 32.1. The lowest BCUT2D eigenvalue weighted by Crippen LogP contribution is -2.34. The molecule has 0 aliphatic heterocycles. The number of nitrogens with one attached hydrogen (secondary N) is 2. The fourth-order valence-corrected chi connectivity index (χ4v) is 2.86. The molecule has 0 aliphatic carbocycles. The summed E-state index contributed by atoms with van der Waals surface area (Å²) in [6, 6.07) is 7.09. The molecule has 5 heteroatoms. The van der Waals surface area contributed by atoms with Crippen LogP contribution in [0.25, 0.3) is 0 Å². The number of carbonyl (C=O) groups is 1. The van der Waals surface area contributed by atoms with Crippen LogP contribution in [0.4, 0.5) is 0 Å². The minimum Gasteiger partial charge on any atom is -0.349 e. The maximum Gasteiger partial charge on any atom is 0.251 e. The number of aryl methyl sites for hydroxylation is 1. The highest BCUT2D eigenvalue weighted by Crippen LogP contribution is 2.16. The number of pyridine rings is 1. The molecule has 2 heterocycles. The first kappa shape index (κ1) is 13.5. The summed E-state index contributed by atoms with van der Waals surface area (Å²) in [4.78, 5) is 28.1. The van der Waals surface area contributed by atoms with Crippen molar-refractivity contribution in [3.8, 4) is 0 Å². The largest absolute Gasteiger partial charge is 0.349 e. The minimum atomic E-state index is -0.269. The van der Waals surface area contributed by atoms with Crippen molar-refractivity contribution in [2.75, 3.05) is 0 Å². The number of aromatic nitrogens is 1. The third-order valence-corrected chi connectivity index (χ3v) is 3.74. The zero-order valence-corrected chi connectivity index (χ0v) is 11.7. The van der Waals surface area contributed by atoms with E-state index in [1.54, 1.807) is 17.4 Å². The van der Waals surface area contributed by atoms with Gasteiger partial charge in [-0.25, -0.2) is 0 Å². The second-order valence-electron chi connectivity index (χ2n) is 4.53. The van der Waals surface area contributed by atoms with Crippen molar-refractivity contribution in [2.45, 2.75) is 26.3 Å². The van der Waals surface area contributed by atoms with Gasteiger partial charge in [-0.1, -0.05) is 0 Å². The fraction of sp³-hybridized carbons (Fsp3) is 0.286. The van der Waals surface area contributed by atoms with E-state index in [0.717, 1.165) is 6.42 Å². The van der Waals surface area contributed by atoms with Crippen LogP contribution in [0.1, 0.15) is 27.0 Å². The summed E-state index contributed by atoms with van der Waals surface area (Å²) in [6.07, 6.45) is 2.28. The van der Waals surface area contributed by atoms with E-state index in [4.69, 9.17) is 0 Å². The first-order valence-corrected chi connectivity index (χ1v) is 6.91. The summed E-state index contributed by atoms with van der Waals surface area (Å²) in [5, 5.41) is 2.90. The third-order valence-electron chi connectivity index (χ3n) is 2.72. The van der Waals surface area contributed by atoms with Crippen LogP contribution in [-0.4, -0.2) is 16.9 Å². The summed E-state index contributed by atoms with van der Waals surface area (Å²) < 4.78 is 0. The summed E-state index contributed by atoms with van der Waals surface area (Å²) in [5.74, 6) is -0.216. The second kappa shape index (κ2) is 5.84. The van der Waals surface area contributed by atoms with E-state index in [1.807, 2.05) is 6.92 Å². The Hall–Kier alpha value is -1.88.